The van der Waals surface area contributed by atoms with Gasteiger partial charge in [-0.15, -0.1) is 0 Å². The molecule has 0 spiro atoms. The van der Waals surface area contributed by atoms with Gasteiger partial charge in [0.2, 0.25) is 0 Å². The summed E-state index contributed by atoms with van der Waals surface area (Å²) in [5.74, 6) is 0. The van der Waals surface area contributed by atoms with Gasteiger partial charge in [0.15, 0.2) is 0 Å². The first-order chi connectivity index (χ1) is 11.9. The standard InChI is InChI=1S/C22H13NO/c1-3-7-19-14(5-1)18-12-17-13(11-20(18)23-19)9-10-16-15-6-2-4-8-21(15)24-22(16)17/h1-12,23H. The van der Waals surface area contributed by atoms with Gasteiger partial charge in [0, 0.05) is 38.0 Å². The maximum Gasteiger partial charge on any atom is 0.143 e. The van der Waals surface area contributed by atoms with E-state index in [1.54, 1.807) is 0 Å². The normalized spacial score (nSPS) is 12.2. The van der Waals surface area contributed by atoms with Crippen LogP contribution in [0.3, 0.4) is 0 Å². The monoisotopic (exact) mass is 307 g/mol. The Morgan fingerprint density at radius 1 is 0.583 bits per heavy atom. The van der Waals surface area contributed by atoms with Crippen molar-refractivity contribution in [3.8, 4) is 0 Å². The van der Waals surface area contributed by atoms with Gasteiger partial charge >= 0.3 is 0 Å². The molecule has 6 rings (SSSR count). The lowest BCUT2D eigenvalue weighted by Gasteiger charge is -2.00. The van der Waals surface area contributed by atoms with Gasteiger partial charge in [-0.05, 0) is 35.7 Å². The molecule has 1 N–H and O–H groups in total. The molecule has 2 heterocycles. The third-order valence-corrected chi connectivity index (χ3v) is 4.98. The summed E-state index contributed by atoms with van der Waals surface area (Å²) in [5.41, 5.74) is 4.25. The van der Waals surface area contributed by atoms with Gasteiger partial charge in [0.1, 0.15) is 11.2 Å². The number of fused-ring (bicyclic) bond motifs is 8. The number of hydrogen-bond donors (Lipinski definition) is 1. The molecular formula is C22H13NO. The Bertz CT molecular complexity index is 1400. The van der Waals surface area contributed by atoms with Gasteiger partial charge in [0.25, 0.3) is 0 Å². The molecule has 0 bridgehead atoms. The van der Waals surface area contributed by atoms with E-state index >= 15 is 0 Å². The SMILES string of the molecule is c1ccc2c(c1)[nH]c1cc3ccc4c5ccccc5oc4c3cc12. The highest BCUT2D eigenvalue weighted by molar-refractivity contribution is 6.19. The lowest BCUT2D eigenvalue weighted by Crippen LogP contribution is -1.75. The van der Waals surface area contributed by atoms with Crippen LogP contribution in [-0.4, -0.2) is 4.98 Å². The minimum Gasteiger partial charge on any atom is -0.455 e. The van der Waals surface area contributed by atoms with E-state index in [1.807, 2.05) is 12.1 Å². The number of hydrogen-bond acceptors (Lipinski definition) is 1. The number of H-pyrrole nitrogens is 1. The highest BCUT2D eigenvalue weighted by Crippen LogP contribution is 2.37. The zero-order chi connectivity index (χ0) is 15.7. The van der Waals surface area contributed by atoms with E-state index in [0.717, 1.165) is 11.2 Å². The Hall–Kier alpha value is -3.26. The lowest BCUT2D eigenvalue weighted by molar-refractivity contribution is 0.673. The number of aromatic amines is 1. The second kappa shape index (κ2) is 4.18. The average molecular weight is 307 g/mol. The van der Waals surface area contributed by atoms with Gasteiger partial charge in [-0.2, -0.15) is 0 Å². The predicted molar refractivity (Wildman–Crippen MR) is 101 cm³/mol. The van der Waals surface area contributed by atoms with Gasteiger partial charge < -0.3 is 9.40 Å². The van der Waals surface area contributed by atoms with Crippen LogP contribution in [0.15, 0.2) is 77.2 Å². The fourth-order valence-corrected chi connectivity index (χ4v) is 3.85. The zero-order valence-electron chi connectivity index (χ0n) is 12.8. The van der Waals surface area contributed by atoms with Crippen LogP contribution < -0.4 is 0 Å². The molecule has 0 saturated carbocycles. The number of benzene rings is 4. The summed E-state index contributed by atoms with van der Waals surface area (Å²) >= 11 is 0. The Morgan fingerprint density at radius 3 is 2.38 bits per heavy atom. The summed E-state index contributed by atoms with van der Waals surface area (Å²) in [6, 6.07) is 25.5. The maximum atomic E-state index is 6.19. The second-order valence-electron chi connectivity index (χ2n) is 6.33. The van der Waals surface area contributed by atoms with Crippen LogP contribution in [0.1, 0.15) is 0 Å². The van der Waals surface area contributed by atoms with Crippen molar-refractivity contribution in [1.29, 1.82) is 0 Å². The van der Waals surface area contributed by atoms with E-state index in [0.29, 0.717) is 0 Å². The first-order valence-electron chi connectivity index (χ1n) is 8.13. The molecule has 0 saturated heterocycles. The molecule has 112 valence electrons. The smallest absolute Gasteiger partial charge is 0.143 e. The summed E-state index contributed by atoms with van der Waals surface area (Å²) in [6.45, 7) is 0. The predicted octanol–water partition coefficient (Wildman–Crippen LogP) is 6.37. The Labute approximate surface area is 137 Å². The van der Waals surface area contributed by atoms with Crippen LogP contribution >= 0.6 is 0 Å². The van der Waals surface area contributed by atoms with Crippen LogP contribution in [0.25, 0.3) is 54.5 Å². The number of para-hydroxylation sites is 2. The average Bonchev–Trinajstić information content (AvgIpc) is 3.18. The van der Waals surface area contributed by atoms with Gasteiger partial charge in [-0.1, -0.05) is 42.5 Å². The Kier molecular flexibility index (Phi) is 2.12. The highest BCUT2D eigenvalue weighted by atomic mass is 16.3. The van der Waals surface area contributed by atoms with Crippen molar-refractivity contribution in [2.75, 3.05) is 0 Å². The van der Waals surface area contributed by atoms with E-state index in [-0.39, 0.29) is 0 Å². The molecule has 2 nitrogen and oxygen atoms in total. The van der Waals surface area contributed by atoms with Crippen molar-refractivity contribution in [3.63, 3.8) is 0 Å². The molecule has 0 aliphatic rings. The molecule has 0 aliphatic carbocycles. The lowest BCUT2D eigenvalue weighted by atomic mass is 10.0. The minimum atomic E-state index is 0.944. The summed E-state index contributed by atoms with van der Waals surface area (Å²) in [6.07, 6.45) is 0. The largest absolute Gasteiger partial charge is 0.455 e. The second-order valence-corrected chi connectivity index (χ2v) is 6.33. The summed E-state index contributed by atoms with van der Waals surface area (Å²) in [5, 5.41) is 7.21. The maximum absolute atomic E-state index is 6.19. The third-order valence-electron chi connectivity index (χ3n) is 4.98. The molecule has 0 aliphatic heterocycles. The first-order valence-corrected chi connectivity index (χ1v) is 8.13. The molecule has 4 aromatic carbocycles. The molecule has 0 fully saturated rings. The summed E-state index contributed by atoms with van der Waals surface area (Å²) in [7, 11) is 0. The van der Waals surface area contributed by atoms with E-state index in [1.165, 1.54) is 43.4 Å². The van der Waals surface area contributed by atoms with Crippen LogP contribution in [0.5, 0.6) is 0 Å². The van der Waals surface area contributed by atoms with Crippen LogP contribution in [0, 0.1) is 0 Å². The van der Waals surface area contributed by atoms with Gasteiger partial charge in [0.05, 0.1) is 0 Å². The fourth-order valence-electron chi connectivity index (χ4n) is 3.85. The minimum absolute atomic E-state index is 0.944. The highest BCUT2D eigenvalue weighted by Gasteiger charge is 2.12. The van der Waals surface area contributed by atoms with Crippen molar-refractivity contribution in [1.82, 2.24) is 4.98 Å². The van der Waals surface area contributed by atoms with Crippen molar-refractivity contribution < 1.29 is 4.42 Å². The quantitative estimate of drug-likeness (QED) is 0.347. The van der Waals surface area contributed by atoms with E-state index < -0.39 is 0 Å². The fraction of sp³-hybridized carbons (Fsp3) is 0. The van der Waals surface area contributed by atoms with E-state index in [4.69, 9.17) is 4.42 Å². The van der Waals surface area contributed by atoms with E-state index in [9.17, 15) is 0 Å². The van der Waals surface area contributed by atoms with Crippen molar-refractivity contribution in [3.05, 3.63) is 72.8 Å². The van der Waals surface area contributed by atoms with Crippen molar-refractivity contribution >= 4 is 54.5 Å². The number of rotatable bonds is 0. The molecule has 6 aromatic rings. The van der Waals surface area contributed by atoms with Crippen LogP contribution in [0.4, 0.5) is 0 Å². The molecule has 24 heavy (non-hydrogen) atoms. The van der Waals surface area contributed by atoms with Crippen molar-refractivity contribution in [2.24, 2.45) is 0 Å². The first kappa shape index (κ1) is 12.2. The van der Waals surface area contributed by atoms with Crippen molar-refractivity contribution in [2.45, 2.75) is 0 Å². The Morgan fingerprint density at radius 2 is 1.42 bits per heavy atom. The number of furan rings is 1. The number of nitrogens with one attached hydrogen (secondary N) is 1. The van der Waals surface area contributed by atoms with Crippen LogP contribution in [-0.2, 0) is 0 Å². The molecule has 0 amide bonds. The number of aromatic nitrogens is 1. The topological polar surface area (TPSA) is 28.9 Å². The molecule has 0 unspecified atom stereocenters. The summed E-state index contributed by atoms with van der Waals surface area (Å²) in [4.78, 5) is 3.51. The zero-order valence-corrected chi connectivity index (χ0v) is 12.8. The van der Waals surface area contributed by atoms with E-state index in [2.05, 4.69) is 65.6 Å². The van der Waals surface area contributed by atoms with Gasteiger partial charge in [-0.25, -0.2) is 0 Å². The molecular weight excluding hydrogens is 294 g/mol. The van der Waals surface area contributed by atoms with Crippen LogP contribution in [0.2, 0.25) is 0 Å². The summed E-state index contributed by atoms with van der Waals surface area (Å²) < 4.78 is 6.19. The van der Waals surface area contributed by atoms with Gasteiger partial charge in [-0.3, -0.25) is 0 Å². The molecule has 2 aromatic heterocycles. The molecule has 0 atom stereocenters. The third kappa shape index (κ3) is 1.45. The molecule has 0 radical (unpaired) electrons. The Balaban J connectivity index is 1.87. The molecule has 2 heteroatoms.